The molecule has 86 valence electrons. The molecule has 0 aromatic carbocycles. The Labute approximate surface area is 92.6 Å². The second-order valence-electron chi connectivity index (χ2n) is 3.66. The minimum absolute atomic E-state index is 0.229. The normalized spacial score (nSPS) is 12.9. The molecule has 0 bridgehead atoms. The summed E-state index contributed by atoms with van der Waals surface area (Å²) in [4.78, 5) is 4.23. The van der Waals surface area contributed by atoms with Crippen molar-refractivity contribution in [1.29, 1.82) is 0 Å². The third kappa shape index (κ3) is 2.29. The number of aliphatic hydroxyl groups is 2. The van der Waals surface area contributed by atoms with Crippen molar-refractivity contribution in [3.63, 3.8) is 0 Å². The van der Waals surface area contributed by atoms with Crippen LogP contribution in [-0.4, -0.2) is 44.1 Å². The molecule has 0 amide bonds. The van der Waals surface area contributed by atoms with Crippen molar-refractivity contribution in [3.8, 4) is 0 Å². The summed E-state index contributed by atoms with van der Waals surface area (Å²) in [5, 5.41) is 24.8. The molecule has 0 fully saturated rings. The molecule has 0 saturated carbocycles. The van der Waals surface area contributed by atoms with Gasteiger partial charge < -0.3 is 15.5 Å². The predicted molar refractivity (Wildman–Crippen MR) is 59.3 cm³/mol. The second kappa shape index (κ2) is 4.46. The van der Waals surface area contributed by atoms with Crippen LogP contribution in [0, 0.1) is 6.92 Å². The summed E-state index contributed by atoms with van der Waals surface area (Å²) in [7, 11) is 0. The molecule has 0 saturated heterocycles. The summed E-state index contributed by atoms with van der Waals surface area (Å²) in [6.07, 6.45) is 1.03. The molecule has 1 atom stereocenters. The van der Waals surface area contributed by atoms with E-state index in [0.717, 1.165) is 11.2 Å². The smallest absolute Gasteiger partial charge is 0.243 e. The molecule has 2 aromatic heterocycles. The molecule has 6 heteroatoms. The molecule has 0 radical (unpaired) electrons. The van der Waals surface area contributed by atoms with Crippen LogP contribution in [0.4, 0.5) is 5.95 Å². The van der Waals surface area contributed by atoms with Crippen LogP contribution in [0.2, 0.25) is 0 Å². The van der Waals surface area contributed by atoms with Crippen molar-refractivity contribution >= 4 is 11.6 Å². The van der Waals surface area contributed by atoms with Crippen molar-refractivity contribution in [2.45, 2.75) is 13.0 Å². The van der Waals surface area contributed by atoms with Gasteiger partial charge in [0.1, 0.15) is 0 Å². The first-order chi connectivity index (χ1) is 7.69. The van der Waals surface area contributed by atoms with Crippen molar-refractivity contribution in [3.05, 3.63) is 23.9 Å². The molecular weight excluding hydrogens is 208 g/mol. The molecule has 16 heavy (non-hydrogen) atoms. The average molecular weight is 222 g/mol. The van der Waals surface area contributed by atoms with Crippen molar-refractivity contribution < 1.29 is 10.2 Å². The van der Waals surface area contributed by atoms with E-state index in [9.17, 15) is 0 Å². The molecule has 2 aromatic rings. The fraction of sp³-hybridized carbons (Fsp3) is 0.400. The number of nitrogens with zero attached hydrogens (tertiary/aromatic N) is 3. The molecule has 0 spiro atoms. The Morgan fingerprint density at radius 1 is 1.56 bits per heavy atom. The zero-order chi connectivity index (χ0) is 11.5. The Morgan fingerprint density at radius 2 is 2.38 bits per heavy atom. The lowest BCUT2D eigenvalue weighted by atomic mass is 10.3. The van der Waals surface area contributed by atoms with E-state index in [-0.39, 0.29) is 13.2 Å². The maximum Gasteiger partial charge on any atom is 0.243 e. The van der Waals surface area contributed by atoms with Crippen LogP contribution in [0.25, 0.3) is 5.65 Å². The Hall–Kier alpha value is -1.66. The number of pyridine rings is 1. The molecule has 0 aliphatic carbocycles. The van der Waals surface area contributed by atoms with E-state index in [1.165, 1.54) is 0 Å². The van der Waals surface area contributed by atoms with Gasteiger partial charge in [0, 0.05) is 12.7 Å². The van der Waals surface area contributed by atoms with Crippen molar-refractivity contribution in [1.82, 2.24) is 14.6 Å². The van der Waals surface area contributed by atoms with Gasteiger partial charge in [-0.3, -0.25) is 0 Å². The topological polar surface area (TPSA) is 82.7 Å². The fourth-order valence-electron chi connectivity index (χ4n) is 1.33. The standard InChI is InChI=1S/C10H14N4O2/c1-7-2-3-14-9(4-7)12-10(13-14)11-5-8(16)6-15/h2-4,8,15-16H,5-6H2,1H3,(H,11,13). The van der Waals surface area contributed by atoms with E-state index >= 15 is 0 Å². The van der Waals surface area contributed by atoms with Gasteiger partial charge in [-0.2, -0.15) is 4.98 Å². The minimum atomic E-state index is -0.798. The number of rotatable bonds is 4. The largest absolute Gasteiger partial charge is 0.394 e. The van der Waals surface area contributed by atoms with Crippen molar-refractivity contribution in [2.75, 3.05) is 18.5 Å². The van der Waals surface area contributed by atoms with Gasteiger partial charge in [-0.25, -0.2) is 4.52 Å². The third-order valence-corrected chi connectivity index (χ3v) is 2.20. The second-order valence-corrected chi connectivity index (χ2v) is 3.66. The van der Waals surface area contributed by atoms with E-state index in [4.69, 9.17) is 10.2 Å². The van der Waals surface area contributed by atoms with Crippen LogP contribution >= 0.6 is 0 Å². The van der Waals surface area contributed by atoms with Gasteiger partial charge in [-0.15, -0.1) is 5.10 Å². The van der Waals surface area contributed by atoms with Crippen LogP contribution in [-0.2, 0) is 0 Å². The van der Waals surface area contributed by atoms with Crippen LogP contribution in [0.5, 0.6) is 0 Å². The van der Waals surface area contributed by atoms with E-state index in [1.54, 1.807) is 4.52 Å². The number of hydrogen-bond donors (Lipinski definition) is 3. The van der Waals surface area contributed by atoms with E-state index in [0.29, 0.717) is 5.95 Å². The summed E-state index contributed by atoms with van der Waals surface area (Å²) in [5.74, 6) is 0.443. The lowest BCUT2D eigenvalue weighted by Gasteiger charge is -2.05. The molecule has 0 aliphatic rings. The third-order valence-electron chi connectivity index (χ3n) is 2.20. The highest BCUT2D eigenvalue weighted by Gasteiger charge is 2.05. The lowest BCUT2D eigenvalue weighted by Crippen LogP contribution is -2.23. The van der Waals surface area contributed by atoms with Gasteiger partial charge in [0.15, 0.2) is 5.65 Å². The van der Waals surface area contributed by atoms with Gasteiger partial charge in [0.2, 0.25) is 5.95 Å². The van der Waals surface area contributed by atoms with Gasteiger partial charge in [0.25, 0.3) is 0 Å². The van der Waals surface area contributed by atoms with Gasteiger partial charge in [-0.05, 0) is 24.6 Å². The Bertz CT molecular complexity index is 483. The maximum atomic E-state index is 9.16. The van der Waals surface area contributed by atoms with Gasteiger partial charge in [-0.1, -0.05) is 0 Å². The Morgan fingerprint density at radius 3 is 3.12 bits per heavy atom. The average Bonchev–Trinajstić information content (AvgIpc) is 2.67. The summed E-state index contributed by atoms with van der Waals surface area (Å²) < 4.78 is 1.65. The van der Waals surface area contributed by atoms with E-state index in [2.05, 4.69) is 15.4 Å². The molecule has 3 N–H and O–H groups in total. The molecule has 2 heterocycles. The van der Waals surface area contributed by atoms with Crippen LogP contribution in [0.3, 0.4) is 0 Å². The summed E-state index contributed by atoms with van der Waals surface area (Å²) in [6.45, 7) is 1.93. The molecule has 2 rings (SSSR count). The zero-order valence-electron chi connectivity index (χ0n) is 8.96. The minimum Gasteiger partial charge on any atom is -0.394 e. The highest BCUT2D eigenvalue weighted by Crippen LogP contribution is 2.07. The first-order valence-corrected chi connectivity index (χ1v) is 5.05. The van der Waals surface area contributed by atoms with Crippen molar-refractivity contribution in [2.24, 2.45) is 0 Å². The monoisotopic (exact) mass is 222 g/mol. The number of fused-ring (bicyclic) bond motifs is 1. The van der Waals surface area contributed by atoms with Crippen LogP contribution in [0.15, 0.2) is 18.3 Å². The fourth-order valence-corrected chi connectivity index (χ4v) is 1.33. The molecular formula is C10H14N4O2. The maximum absolute atomic E-state index is 9.16. The first kappa shape index (κ1) is 10.8. The molecule has 1 unspecified atom stereocenters. The number of aliphatic hydroxyl groups excluding tert-OH is 2. The SMILES string of the molecule is Cc1ccn2nc(NCC(O)CO)nc2c1. The molecule has 0 aliphatic heterocycles. The number of anilines is 1. The number of hydrogen-bond acceptors (Lipinski definition) is 5. The predicted octanol–water partition coefficient (Wildman–Crippen LogP) is -0.197. The number of aromatic nitrogens is 3. The Balaban J connectivity index is 2.13. The van der Waals surface area contributed by atoms with Crippen LogP contribution in [0.1, 0.15) is 5.56 Å². The number of aryl methyl sites for hydroxylation is 1. The number of nitrogens with one attached hydrogen (secondary N) is 1. The highest BCUT2D eigenvalue weighted by atomic mass is 16.3. The van der Waals surface area contributed by atoms with Gasteiger partial charge >= 0.3 is 0 Å². The quantitative estimate of drug-likeness (QED) is 0.667. The summed E-state index contributed by atoms with van der Waals surface area (Å²) in [5.41, 5.74) is 1.86. The summed E-state index contributed by atoms with van der Waals surface area (Å²) in [6, 6.07) is 3.86. The Kier molecular flexibility index (Phi) is 3.02. The highest BCUT2D eigenvalue weighted by molar-refractivity contribution is 5.45. The first-order valence-electron chi connectivity index (χ1n) is 5.05. The van der Waals surface area contributed by atoms with E-state index in [1.807, 2.05) is 25.3 Å². The summed E-state index contributed by atoms with van der Waals surface area (Å²) >= 11 is 0. The lowest BCUT2D eigenvalue weighted by molar-refractivity contribution is 0.105. The van der Waals surface area contributed by atoms with Crippen LogP contribution < -0.4 is 5.32 Å². The van der Waals surface area contributed by atoms with E-state index < -0.39 is 6.10 Å². The van der Waals surface area contributed by atoms with Gasteiger partial charge in [0.05, 0.1) is 12.7 Å². The molecule has 6 nitrogen and oxygen atoms in total. The zero-order valence-corrected chi connectivity index (χ0v) is 8.96.